The molecule has 6 heteroatoms. The summed E-state index contributed by atoms with van der Waals surface area (Å²) in [4.78, 5) is 0. The van der Waals surface area contributed by atoms with Crippen LogP contribution < -0.4 is 5.01 Å². The third-order valence-electron chi connectivity index (χ3n) is 3.60. The number of benzene rings is 2. The Morgan fingerprint density at radius 3 is 1.85 bits per heavy atom. The van der Waals surface area contributed by atoms with E-state index in [0.717, 1.165) is 22.1 Å². The van der Waals surface area contributed by atoms with Crippen LogP contribution in [0.15, 0.2) is 94.5 Å². The smallest absolute Gasteiger partial charge is 0.408 e. The molecule has 3 nitrogen and oxygen atoms in total. The predicted molar refractivity (Wildman–Crippen MR) is 135 cm³/mol. The molecule has 2 aromatic carbocycles. The van der Waals surface area contributed by atoms with Crippen LogP contribution in [0.4, 0.5) is 18.9 Å². The van der Waals surface area contributed by atoms with E-state index in [2.05, 4.69) is 11.7 Å². The molecule has 0 unspecified atom stereocenters. The highest BCUT2D eigenvalue weighted by Gasteiger charge is 2.31. The van der Waals surface area contributed by atoms with E-state index in [-0.39, 0.29) is 0 Å². The maximum absolute atomic E-state index is 12.4. The molecule has 3 aromatic rings. The zero-order valence-corrected chi connectivity index (χ0v) is 20.4. The maximum atomic E-state index is 12.4. The van der Waals surface area contributed by atoms with Crippen LogP contribution in [0.5, 0.6) is 0 Å². The van der Waals surface area contributed by atoms with Crippen molar-refractivity contribution in [3.8, 4) is 11.3 Å². The largest absolute Gasteiger partial charge is 0.461 e. The number of para-hydroxylation sites is 1. The number of anilines is 1. The molecule has 0 aliphatic heterocycles. The minimum Gasteiger partial charge on any atom is -0.461 e. The van der Waals surface area contributed by atoms with Crippen LogP contribution in [-0.4, -0.2) is 18.9 Å². The van der Waals surface area contributed by atoms with Crippen molar-refractivity contribution in [3.05, 3.63) is 90.7 Å². The van der Waals surface area contributed by atoms with Crippen LogP contribution in [0, 0.1) is 6.92 Å². The highest BCUT2D eigenvalue weighted by atomic mass is 19.4. The fourth-order valence-electron chi connectivity index (χ4n) is 2.33. The van der Waals surface area contributed by atoms with Crippen LogP contribution in [0.3, 0.4) is 0 Å². The molecule has 1 aromatic heterocycles. The van der Waals surface area contributed by atoms with Gasteiger partial charge in [0.25, 0.3) is 0 Å². The highest BCUT2D eigenvalue weighted by molar-refractivity contribution is 5.77. The lowest BCUT2D eigenvalue weighted by molar-refractivity contribution is -0.119. The molecular formula is C27H35F3N2O. The average Bonchev–Trinajstić information content (AvgIpc) is 3.26. The number of hydrogen-bond donors (Lipinski definition) is 0. The molecule has 0 bridgehead atoms. The summed E-state index contributed by atoms with van der Waals surface area (Å²) in [7, 11) is 0. The SMILES string of the molecule is C=C(C)/C=N\N(CC(F)(F)F)c1ccccc1.CC.CC.Cc1ccc(-c2ccccc2)o1. The van der Waals surface area contributed by atoms with Gasteiger partial charge in [-0.15, -0.1) is 0 Å². The molecule has 0 saturated carbocycles. The van der Waals surface area contributed by atoms with E-state index in [0.29, 0.717) is 11.3 Å². The van der Waals surface area contributed by atoms with E-state index in [1.807, 2.05) is 77.1 Å². The third kappa shape index (κ3) is 13.0. The summed E-state index contributed by atoms with van der Waals surface area (Å²) in [5.74, 6) is 1.89. The predicted octanol–water partition coefficient (Wildman–Crippen LogP) is 8.92. The maximum Gasteiger partial charge on any atom is 0.408 e. The number of hydrogen-bond acceptors (Lipinski definition) is 3. The lowest BCUT2D eigenvalue weighted by Crippen LogP contribution is -2.30. The monoisotopic (exact) mass is 460 g/mol. The summed E-state index contributed by atoms with van der Waals surface area (Å²) >= 11 is 0. The number of hydrazone groups is 1. The van der Waals surface area contributed by atoms with Crippen molar-refractivity contribution in [2.75, 3.05) is 11.6 Å². The minimum absolute atomic E-state index is 0.391. The van der Waals surface area contributed by atoms with E-state index < -0.39 is 12.7 Å². The van der Waals surface area contributed by atoms with Gasteiger partial charge in [-0.05, 0) is 43.7 Å². The molecule has 0 aliphatic carbocycles. The molecule has 0 atom stereocenters. The Hall–Kier alpha value is -3.28. The van der Waals surface area contributed by atoms with E-state index in [4.69, 9.17) is 4.42 Å². The quantitative estimate of drug-likeness (QED) is 0.281. The highest BCUT2D eigenvalue weighted by Crippen LogP contribution is 2.22. The number of nitrogens with zero attached hydrogens (tertiary/aromatic N) is 2. The van der Waals surface area contributed by atoms with Crippen LogP contribution in [0.1, 0.15) is 40.4 Å². The van der Waals surface area contributed by atoms with Crippen molar-refractivity contribution in [1.29, 1.82) is 0 Å². The van der Waals surface area contributed by atoms with Gasteiger partial charge in [0.15, 0.2) is 0 Å². The van der Waals surface area contributed by atoms with Gasteiger partial charge in [0, 0.05) is 11.8 Å². The Kier molecular flexibility index (Phi) is 14.7. The number of allylic oxidation sites excluding steroid dienone is 1. The first-order valence-corrected chi connectivity index (χ1v) is 11.0. The molecule has 0 spiro atoms. The van der Waals surface area contributed by atoms with E-state index in [9.17, 15) is 13.2 Å². The van der Waals surface area contributed by atoms with Crippen LogP contribution in [0.25, 0.3) is 11.3 Å². The normalized spacial score (nSPS) is 10.1. The molecule has 0 radical (unpaired) electrons. The summed E-state index contributed by atoms with van der Waals surface area (Å²) in [5.41, 5.74) is 2.11. The lowest BCUT2D eigenvalue weighted by atomic mass is 10.2. The fourth-order valence-corrected chi connectivity index (χ4v) is 2.33. The summed E-state index contributed by atoms with van der Waals surface area (Å²) in [6.07, 6.45) is -3.00. The summed E-state index contributed by atoms with van der Waals surface area (Å²) in [6.45, 7) is 14.1. The molecule has 0 amide bonds. The van der Waals surface area contributed by atoms with Gasteiger partial charge in [-0.25, -0.2) is 0 Å². The van der Waals surface area contributed by atoms with Gasteiger partial charge < -0.3 is 4.42 Å². The lowest BCUT2D eigenvalue weighted by Gasteiger charge is -2.20. The first kappa shape index (κ1) is 29.7. The van der Waals surface area contributed by atoms with Gasteiger partial charge >= 0.3 is 6.18 Å². The number of rotatable bonds is 5. The second-order valence-electron chi connectivity index (χ2n) is 6.38. The van der Waals surface area contributed by atoms with Crippen molar-refractivity contribution in [2.45, 2.75) is 47.7 Å². The van der Waals surface area contributed by atoms with Gasteiger partial charge in [-0.3, -0.25) is 5.01 Å². The van der Waals surface area contributed by atoms with Gasteiger partial charge in [0.05, 0.1) is 5.69 Å². The molecule has 0 saturated heterocycles. The zero-order chi connectivity index (χ0) is 25.3. The first-order chi connectivity index (χ1) is 15.7. The Balaban J connectivity index is 0.000000559. The average molecular weight is 461 g/mol. The number of aryl methyl sites for hydroxylation is 1. The van der Waals surface area contributed by atoms with E-state index in [1.165, 1.54) is 6.21 Å². The van der Waals surface area contributed by atoms with Crippen LogP contribution >= 0.6 is 0 Å². The number of alkyl halides is 3. The van der Waals surface area contributed by atoms with Crippen molar-refractivity contribution < 1.29 is 17.6 Å². The Labute approximate surface area is 196 Å². The van der Waals surface area contributed by atoms with E-state index >= 15 is 0 Å². The van der Waals surface area contributed by atoms with Gasteiger partial charge in [-0.1, -0.05) is 82.8 Å². The Morgan fingerprint density at radius 2 is 1.42 bits per heavy atom. The molecular weight excluding hydrogens is 425 g/mol. The Morgan fingerprint density at radius 1 is 0.909 bits per heavy atom. The fraction of sp³-hybridized carbons (Fsp3) is 0.296. The topological polar surface area (TPSA) is 28.7 Å². The van der Waals surface area contributed by atoms with Crippen molar-refractivity contribution in [2.24, 2.45) is 5.10 Å². The molecule has 0 N–H and O–H groups in total. The van der Waals surface area contributed by atoms with Crippen LogP contribution in [0.2, 0.25) is 0 Å². The van der Waals surface area contributed by atoms with Gasteiger partial charge in [0.1, 0.15) is 18.1 Å². The number of halogens is 3. The summed E-state index contributed by atoms with van der Waals surface area (Å²) < 4.78 is 42.6. The molecule has 0 fully saturated rings. The second kappa shape index (κ2) is 16.4. The van der Waals surface area contributed by atoms with Gasteiger partial charge in [0.2, 0.25) is 0 Å². The zero-order valence-electron chi connectivity index (χ0n) is 20.4. The standard InChI is InChI=1S/C12H13F3N2.C11H10O.2C2H6/c1-10(2)8-16-17(9-12(13,14)15)11-6-4-3-5-7-11;1-9-7-8-11(12-9)10-5-3-2-4-6-10;2*1-2/h3-8H,1,9H2,2H3;2-8H,1H3;2*1-2H3/b16-8-;;;. The molecule has 180 valence electrons. The Bertz CT molecular complexity index is 917. The summed E-state index contributed by atoms with van der Waals surface area (Å²) in [5, 5.41) is 4.67. The molecule has 1 heterocycles. The van der Waals surface area contributed by atoms with Crippen molar-refractivity contribution >= 4 is 11.9 Å². The summed E-state index contributed by atoms with van der Waals surface area (Å²) in [6, 6.07) is 22.3. The molecule has 33 heavy (non-hydrogen) atoms. The molecule has 3 rings (SSSR count). The minimum atomic E-state index is -4.30. The van der Waals surface area contributed by atoms with Crippen molar-refractivity contribution in [1.82, 2.24) is 0 Å². The van der Waals surface area contributed by atoms with Gasteiger partial charge in [-0.2, -0.15) is 18.3 Å². The second-order valence-corrected chi connectivity index (χ2v) is 6.38. The third-order valence-corrected chi connectivity index (χ3v) is 3.60. The van der Waals surface area contributed by atoms with Crippen molar-refractivity contribution in [3.63, 3.8) is 0 Å². The van der Waals surface area contributed by atoms with Crippen LogP contribution in [-0.2, 0) is 0 Å². The number of furan rings is 1. The first-order valence-electron chi connectivity index (χ1n) is 11.0. The molecule has 0 aliphatic rings. The van der Waals surface area contributed by atoms with E-state index in [1.54, 1.807) is 37.3 Å².